The number of nitrogens with zero attached hydrogens (tertiary/aromatic N) is 4. The van der Waals surface area contributed by atoms with Crippen molar-refractivity contribution in [2.45, 2.75) is 26.9 Å². The van der Waals surface area contributed by atoms with Crippen LogP contribution in [0.25, 0.3) is 0 Å². The van der Waals surface area contributed by atoms with Gasteiger partial charge in [0.15, 0.2) is 0 Å². The van der Waals surface area contributed by atoms with Gasteiger partial charge in [-0.3, -0.25) is 9.36 Å². The summed E-state index contributed by atoms with van der Waals surface area (Å²) in [7, 11) is 0. The quantitative estimate of drug-likeness (QED) is 0.562. The maximum atomic E-state index is 11.1. The number of aromatic nitrogens is 3. The van der Waals surface area contributed by atoms with Gasteiger partial charge < -0.3 is 4.90 Å². The third-order valence-corrected chi connectivity index (χ3v) is 2.38. The minimum Gasteiger partial charge on any atom is -0.324 e. The van der Waals surface area contributed by atoms with Gasteiger partial charge in [-0.05, 0) is 6.92 Å². The fraction of sp³-hybridized carbons (Fsp3) is 0.625. The summed E-state index contributed by atoms with van der Waals surface area (Å²) in [6.07, 6.45) is 0.806. The lowest BCUT2D eigenvalue weighted by molar-refractivity contribution is -0.131. The van der Waals surface area contributed by atoms with E-state index in [4.69, 9.17) is 0 Å². The smallest absolute Gasteiger partial charge is 0.220 e. The Morgan fingerprint density at radius 2 is 2.23 bits per heavy atom. The van der Waals surface area contributed by atoms with E-state index in [1.807, 2.05) is 11.5 Å². The molecule has 5 nitrogen and oxygen atoms in total. The number of fused-ring (bicyclic) bond motifs is 1. The second-order valence-electron chi connectivity index (χ2n) is 3.27. The van der Waals surface area contributed by atoms with Crippen LogP contribution in [-0.2, 0) is 17.9 Å². The summed E-state index contributed by atoms with van der Waals surface area (Å²) in [6, 6.07) is 0. The molecule has 2 heterocycles. The molecule has 0 saturated carbocycles. The number of carbonyl (C=O) groups is 1. The van der Waals surface area contributed by atoms with Crippen LogP contribution in [0.2, 0.25) is 0 Å². The van der Waals surface area contributed by atoms with Crippen molar-refractivity contribution in [1.29, 1.82) is 0 Å². The molecule has 0 bridgehead atoms. The first-order valence-corrected chi connectivity index (χ1v) is 4.32. The van der Waals surface area contributed by atoms with Crippen molar-refractivity contribution in [3.05, 3.63) is 11.6 Å². The number of carbonyl (C=O) groups excluding carboxylic acids is 1. The highest BCUT2D eigenvalue weighted by Gasteiger charge is 2.20. The molecule has 0 saturated heterocycles. The second kappa shape index (κ2) is 2.83. The normalized spacial score (nSPS) is 15.7. The van der Waals surface area contributed by atoms with Gasteiger partial charge >= 0.3 is 0 Å². The molecule has 1 amide bonds. The molecular weight excluding hydrogens is 168 g/mol. The third kappa shape index (κ3) is 1.30. The number of hydrogen-bond donors (Lipinski definition) is 0. The van der Waals surface area contributed by atoms with Crippen LogP contribution >= 0.6 is 0 Å². The molecule has 0 fully saturated rings. The minimum absolute atomic E-state index is 0.110. The summed E-state index contributed by atoms with van der Waals surface area (Å²) >= 11 is 0. The number of amides is 1. The van der Waals surface area contributed by atoms with Gasteiger partial charge in [0.2, 0.25) is 5.91 Å². The zero-order valence-corrected chi connectivity index (χ0v) is 7.82. The van der Waals surface area contributed by atoms with E-state index in [-0.39, 0.29) is 5.91 Å². The van der Waals surface area contributed by atoms with Crippen LogP contribution in [0.15, 0.2) is 0 Å². The van der Waals surface area contributed by atoms with E-state index in [0.717, 1.165) is 24.6 Å². The van der Waals surface area contributed by atoms with Crippen molar-refractivity contribution in [3.63, 3.8) is 0 Å². The van der Waals surface area contributed by atoms with E-state index in [9.17, 15) is 4.79 Å². The second-order valence-corrected chi connectivity index (χ2v) is 3.27. The number of aryl methyl sites for hydroxylation is 1. The molecule has 5 heteroatoms. The Morgan fingerprint density at radius 1 is 1.46 bits per heavy atom. The summed E-state index contributed by atoms with van der Waals surface area (Å²) in [6.45, 7) is 4.85. The van der Waals surface area contributed by atoms with E-state index in [1.165, 1.54) is 0 Å². The molecule has 0 aliphatic carbocycles. The molecule has 0 unspecified atom stereocenters. The molecule has 1 aliphatic rings. The fourth-order valence-electron chi connectivity index (χ4n) is 1.53. The fourth-order valence-corrected chi connectivity index (χ4v) is 1.53. The Morgan fingerprint density at radius 3 is 2.92 bits per heavy atom. The maximum absolute atomic E-state index is 11.1. The standard InChI is InChI=1S/C8H12N4O/c1-6-9-10-8-3-4-11(7(2)13)5-12(6)8/h3-5H2,1-2H3. The topological polar surface area (TPSA) is 51.0 Å². The Balaban J connectivity index is 2.27. The summed E-state index contributed by atoms with van der Waals surface area (Å²) < 4.78 is 1.98. The van der Waals surface area contributed by atoms with Gasteiger partial charge in [0.25, 0.3) is 0 Å². The lowest BCUT2D eigenvalue weighted by Gasteiger charge is -2.26. The predicted molar refractivity (Wildman–Crippen MR) is 45.9 cm³/mol. The van der Waals surface area contributed by atoms with E-state index >= 15 is 0 Å². The van der Waals surface area contributed by atoms with Crippen LogP contribution in [0.5, 0.6) is 0 Å². The van der Waals surface area contributed by atoms with Crippen molar-refractivity contribution in [1.82, 2.24) is 19.7 Å². The molecule has 0 spiro atoms. The Hall–Kier alpha value is -1.39. The number of rotatable bonds is 0. The van der Waals surface area contributed by atoms with Gasteiger partial charge in [-0.15, -0.1) is 10.2 Å². The molecular formula is C8H12N4O. The molecule has 1 aromatic rings. The van der Waals surface area contributed by atoms with Gasteiger partial charge in [-0.2, -0.15) is 0 Å². The summed E-state index contributed by atoms with van der Waals surface area (Å²) in [5.41, 5.74) is 0. The van der Waals surface area contributed by atoms with Crippen LogP contribution in [0.4, 0.5) is 0 Å². The Labute approximate surface area is 76.4 Å². The summed E-state index contributed by atoms with van der Waals surface area (Å²) in [5.74, 6) is 1.97. The molecule has 0 radical (unpaired) electrons. The SMILES string of the molecule is CC(=O)N1CCc2nnc(C)n2C1. The van der Waals surface area contributed by atoms with E-state index in [1.54, 1.807) is 11.8 Å². The van der Waals surface area contributed by atoms with Crippen molar-refractivity contribution in [2.24, 2.45) is 0 Å². The lowest BCUT2D eigenvalue weighted by Crippen LogP contribution is -2.38. The van der Waals surface area contributed by atoms with Crippen molar-refractivity contribution >= 4 is 5.91 Å². The van der Waals surface area contributed by atoms with Gasteiger partial charge in [0, 0.05) is 19.9 Å². The highest BCUT2D eigenvalue weighted by molar-refractivity contribution is 5.73. The van der Waals surface area contributed by atoms with Crippen LogP contribution in [0.3, 0.4) is 0 Å². The highest BCUT2D eigenvalue weighted by Crippen LogP contribution is 2.10. The van der Waals surface area contributed by atoms with Crippen molar-refractivity contribution in [3.8, 4) is 0 Å². The largest absolute Gasteiger partial charge is 0.324 e. The van der Waals surface area contributed by atoms with Crippen LogP contribution in [-0.4, -0.2) is 32.1 Å². The Bertz CT molecular complexity index is 344. The third-order valence-electron chi connectivity index (χ3n) is 2.38. The van der Waals surface area contributed by atoms with Crippen LogP contribution < -0.4 is 0 Å². The highest BCUT2D eigenvalue weighted by atomic mass is 16.2. The summed E-state index contributed by atoms with van der Waals surface area (Å²) in [5, 5.41) is 7.99. The zero-order valence-electron chi connectivity index (χ0n) is 7.82. The van der Waals surface area contributed by atoms with Crippen LogP contribution in [0, 0.1) is 6.92 Å². The molecule has 0 atom stereocenters. The van der Waals surface area contributed by atoms with Crippen LogP contribution in [0.1, 0.15) is 18.6 Å². The Kier molecular flexibility index (Phi) is 1.79. The number of hydrogen-bond acceptors (Lipinski definition) is 3. The molecule has 1 aromatic heterocycles. The monoisotopic (exact) mass is 180 g/mol. The van der Waals surface area contributed by atoms with Gasteiger partial charge in [-0.1, -0.05) is 0 Å². The van der Waals surface area contributed by atoms with E-state index in [0.29, 0.717) is 6.67 Å². The molecule has 70 valence electrons. The predicted octanol–water partition coefficient (Wildman–Crippen LogP) is -0.0514. The molecule has 1 aliphatic heterocycles. The maximum Gasteiger partial charge on any atom is 0.220 e. The molecule has 2 rings (SSSR count). The van der Waals surface area contributed by atoms with Gasteiger partial charge in [-0.25, -0.2) is 0 Å². The minimum atomic E-state index is 0.110. The first-order valence-electron chi connectivity index (χ1n) is 4.32. The van der Waals surface area contributed by atoms with Gasteiger partial charge in [0.1, 0.15) is 18.3 Å². The van der Waals surface area contributed by atoms with E-state index < -0.39 is 0 Å². The first-order chi connectivity index (χ1) is 6.18. The lowest BCUT2D eigenvalue weighted by atomic mass is 10.3. The zero-order chi connectivity index (χ0) is 9.42. The van der Waals surface area contributed by atoms with Crippen molar-refractivity contribution in [2.75, 3.05) is 6.54 Å². The van der Waals surface area contributed by atoms with Crippen molar-refractivity contribution < 1.29 is 4.79 Å². The van der Waals surface area contributed by atoms with E-state index in [2.05, 4.69) is 10.2 Å². The summed E-state index contributed by atoms with van der Waals surface area (Å²) in [4.78, 5) is 12.9. The molecule has 0 aromatic carbocycles. The molecule has 13 heavy (non-hydrogen) atoms. The first kappa shape index (κ1) is 8.22. The molecule has 0 N–H and O–H groups in total. The average Bonchev–Trinajstić information content (AvgIpc) is 2.47. The van der Waals surface area contributed by atoms with Gasteiger partial charge in [0.05, 0.1) is 0 Å². The average molecular weight is 180 g/mol.